The smallest absolute Gasteiger partial charge is 0.269 e. The van der Waals surface area contributed by atoms with Crippen LogP contribution in [0.4, 0.5) is 5.69 Å². The standard InChI is InChI=1S/C22H25N5O3S/c1-15(2)12-21(28)23-13-20-24-25-22(31-14-17-7-5-4-6-16(17)3)26(20)18-8-10-19(11-9-18)27(29)30/h4-11,15H,12-14H2,1-3H3,(H,23,28). The van der Waals surface area contributed by atoms with Crippen molar-refractivity contribution in [1.82, 2.24) is 20.1 Å². The average molecular weight is 440 g/mol. The van der Waals surface area contributed by atoms with Gasteiger partial charge in [0.2, 0.25) is 5.91 Å². The largest absolute Gasteiger partial charge is 0.349 e. The Labute approximate surface area is 185 Å². The summed E-state index contributed by atoms with van der Waals surface area (Å²) in [4.78, 5) is 22.7. The highest BCUT2D eigenvalue weighted by Gasteiger charge is 2.17. The Bertz CT molecular complexity index is 1060. The van der Waals surface area contributed by atoms with E-state index in [1.807, 2.05) is 30.5 Å². The van der Waals surface area contributed by atoms with Crippen LogP contribution in [0.3, 0.4) is 0 Å². The molecule has 0 atom stereocenters. The molecule has 0 bridgehead atoms. The van der Waals surface area contributed by atoms with E-state index in [0.29, 0.717) is 28.8 Å². The van der Waals surface area contributed by atoms with E-state index in [0.717, 1.165) is 0 Å². The lowest BCUT2D eigenvalue weighted by Gasteiger charge is -2.12. The Kier molecular flexibility index (Phi) is 7.41. The number of nitro benzene ring substituents is 1. The van der Waals surface area contributed by atoms with Crippen molar-refractivity contribution < 1.29 is 9.72 Å². The highest BCUT2D eigenvalue weighted by Crippen LogP contribution is 2.27. The lowest BCUT2D eigenvalue weighted by Crippen LogP contribution is -2.25. The lowest BCUT2D eigenvalue weighted by atomic mass is 10.1. The molecule has 0 aliphatic carbocycles. The van der Waals surface area contributed by atoms with Gasteiger partial charge in [0.1, 0.15) is 0 Å². The van der Waals surface area contributed by atoms with E-state index in [9.17, 15) is 14.9 Å². The summed E-state index contributed by atoms with van der Waals surface area (Å²) in [6, 6.07) is 14.4. The van der Waals surface area contributed by atoms with Crippen molar-refractivity contribution >= 4 is 23.4 Å². The van der Waals surface area contributed by atoms with E-state index in [2.05, 4.69) is 34.6 Å². The average Bonchev–Trinajstić information content (AvgIpc) is 3.14. The van der Waals surface area contributed by atoms with Crippen molar-refractivity contribution in [3.63, 3.8) is 0 Å². The van der Waals surface area contributed by atoms with Crippen molar-refractivity contribution in [2.75, 3.05) is 0 Å². The van der Waals surface area contributed by atoms with Gasteiger partial charge in [-0.15, -0.1) is 10.2 Å². The van der Waals surface area contributed by atoms with E-state index in [1.54, 1.807) is 12.1 Å². The third-order valence-electron chi connectivity index (χ3n) is 4.67. The van der Waals surface area contributed by atoms with Gasteiger partial charge in [-0.25, -0.2) is 0 Å². The number of benzene rings is 2. The van der Waals surface area contributed by atoms with E-state index in [1.165, 1.54) is 35.0 Å². The van der Waals surface area contributed by atoms with Gasteiger partial charge in [-0.05, 0) is 36.1 Å². The molecule has 0 aliphatic heterocycles. The summed E-state index contributed by atoms with van der Waals surface area (Å²) in [5, 5.41) is 23.2. The maximum atomic E-state index is 12.1. The molecule has 0 aliphatic rings. The first-order valence-electron chi connectivity index (χ1n) is 9.98. The number of hydrogen-bond donors (Lipinski definition) is 1. The lowest BCUT2D eigenvalue weighted by molar-refractivity contribution is -0.384. The van der Waals surface area contributed by atoms with Crippen LogP contribution in [-0.2, 0) is 17.1 Å². The van der Waals surface area contributed by atoms with Crippen molar-refractivity contribution in [2.45, 2.75) is 44.6 Å². The van der Waals surface area contributed by atoms with Gasteiger partial charge in [0.05, 0.1) is 11.5 Å². The van der Waals surface area contributed by atoms with E-state index in [-0.39, 0.29) is 24.1 Å². The molecular formula is C22H25N5O3S. The zero-order valence-corrected chi connectivity index (χ0v) is 18.6. The van der Waals surface area contributed by atoms with Gasteiger partial charge in [-0.2, -0.15) is 0 Å². The van der Waals surface area contributed by atoms with Crippen molar-refractivity contribution in [3.8, 4) is 5.69 Å². The molecule has 3 aromatic rings. The predicted molar refractivity (Wildman–Crippen MR) is 120 cm³/mol. The van der Waals surface area contributed by atoms with Crippen LogP contribution in [0.2, 0.25) is 0 Å². The highest BCUT2D eigenvalue weighted by molar-refractivity contribution is 7.98. The molecule has 9 heteroatoms. The second kappa shape index (κ2) is 10.2. The maximum Gasteiger partial charge on any atom is 0.269 e. The fourth-order valence-electron chi connectivity index (χ4n) is 3.03. The van der Waals surface area contributed by atoms with Gasteiger partial charge < -0.3 is 5.32 Å². The minimum atomic E-state index is -0.434. The van der Waals surface area contributed by atoms with Gasteiger partial charge in [-0.1, -0.05) is 49.9 Å². The molecule has 0 spiro atoms. The van der Waals surface area contributed by atoms with E-state index in [4.69, 9.17) is 0 Å². The fraction of sp³-hybridized carbons (Fsp3) is 0.318. The van der Waals surface area contributed by atoms with Gasteiger partial charge in [0.25, 0.3) is 5.69 Å². The number of nitrogens with zero attached hydrogens (tertiary/aromatic N) is 4. The Balaban J connectivity index is 1.87. The van der Waals surface area contributed by atoms with Crippen LogP contribution in [0.1, 0.15) is 37.2 Å². The van der Waals surface area contributed by atoms with Crippen LogP contribution in [0, 0.1) is 23.0 Å². The minimum Gasteiger partial charge on any atom is -0.349 e. The first kappa shape index (κ1) is 22.5. The molecule has 1 aromatic heterocycles. The molecule has 2 aromatic carbocycles. The van der Waals surface area contributed by atoms with Crippen LogP contribution in [0.5, 0.6) is 0 Å². The topological polar surface area (TPSA) is 103 Å². The molecule has 8 nitrogen and oxygen atoms in total. The van der Waals surface area contributed by atoms with E-state index < -0.39 is 4.92 Å². The normalized spacial score (nSPS) is 11.0. The molecule has 0 fully saturated rings. The first-order valence-corrected chi connectivity index (χ1v) is 11.0. The van der Waals surface area contributed by atoms with Gasteiger partial charge in [-0.3, -0.25) is 19.5 Å². The Morgan fingerprint density at radius 3 is 2.52 bits per heavy atom. The van der Waals surface area contributed by atoms with E-state index >= 15 is 0 Å². The summed E-state index contributed by atoms with van der Waals surface area (Å²) >= 11 is 1.53. The summed E-state index contributed by atoms with van der Waals surface area (Å²) in [6.07, 6.45) is 0.431. The fourth-order valence-corrected chi connectivity index (χ4v) is 4.07. The molecule has 3 rings (SSSR count). The first-order chi connectivity index (χ1) is 14.8. The summed E-state index contributed by atoms with van der Waals surface area (Å²) in [5.74, 6) is 1.48. The third-order valence-corrected chi connectivity index (χ3v) is 5.65. The molecule has 1 N–H and O–H groups in total. The number of amides is 1. The molecule has 0 saturated carbocycles. The second-order valence-corrected chi connectivity index (χ2v) is 8.54. The Morgan fingerprint density at radius 1 is 1.16 bits per heavy atom. The number of aromatic nitrogens is 3. The number of carbonyl (C=O) groups excluding carboxylic acids is 1. The zero-order valence-electron chi connectivity index (χ0n) is 17.7. The number of nitro groups is 1. The van der Waals surface area contributed by atoms with Gasteiger partial charge >= 0.3 is 0 Å². The number of nitrogens with one attached hydrogen (secondary N) is 1. The Morgan fingerprint density at radius 2 is 1.87 bits per heavy atom. The molecule has 0 unspecified atom stereocenters. The number of aryl methyl sites for hydroxylation is 1. The predicted octanol–water partition coefficient (Wildman–Crippen LogP) is 4.44. The van der Waals surface area contributed by atoms with Gasteiger partial charge in [0.15, 0.2) is 11.0 Å². The Hall–Kier alpha value is -3.20. The zero-order chi connectivity index (χ0) is 22.4. The summed E-state index contributed by atoms with van der Waals surface area (Å²) < 4.78 is 1.84. The molecule has 31 heavy (non-hydrogen) atoms. The summed E-state index contributed by atoms with van der Waals surface area (Å²) in [5.41, 5.74) is 3.10. The number of rotatable bonds is 9. The van der Waals surface area contributed by atoms with Crippen LogP contribution in [0.25, 0.3) is 5.69 Å². The molecule has 0 saturated heterocycles. The quantitative estimate of drug-likeness (QED) is 0.300. The van der Waals surface area contributed by atoms with Crippen molar-refractivity contribution in [1.29, 1.82) is 0 Å². The maximum absolute atomic E-state index is 12.1. The summed E-state index contributed by atoms with van der Waals surface area (Å²) in [6.45, 7) is 6.26. The van der Waals surface area contributed by atoms with Crippen molar-refractivity contribution in [2.24, 2.45) is 5.92 Å². The van der Waals surface area contributed by atoms with Crippen LogP contribution in [0.15, 0.2) is 53.7 Å². The molecule has 0 radical (unpaired) electrons. The summed E-state index contributed by atoms with van der Waals surface area (Å²) in [7, 11) is 0. The third kappa shape index (κ3) is 5.91. The van der Waals surface area contributed by atoms with Crippen LogP contribution in [-0.4, -0.2) is 25.6 Å². The van der Waals surface area contributed by atoms with Gasteiger partial charge in [0, 0.05) is 30.0 Å². The molecule has 1 heterocycles. The number of thioether (sulfide) groups is 1. The second-order valence-electron chi connectivity index (χ2n) is 7.60. The highest BCUT2D eigenvalue weighted by atomic mass is 32.2. The minimum absolute atomic E-state index is 0.0118. The number of non-ortho nitro benzene ring substituents is 1. The van der Waals surface area contributed by atoms with Crippen LogP contribution >= 0.6 is 11.8 Å². The monoisotopic (exact) mass is 439 g/mol. The molecule has 1 amide bonds. The SMILES string of the molecule is Cc1ccccc1CSc1nnc(CNC(=O)CC(C)C)n1-c1ccc([N+](=O)[O-])cc1. The number of hydrogen-bond acceptors (Lipinski definition) is 6. The molecular weight excluding hydrogens is 414 g/mol. The van der Waals surface area contributed by atoms with Crippen molar-refractivity contribution in [3.05, 3.63) is 75.6 Å². The van der Waals surface area contributed by atoms with Crippen LogP contribution < -0.4 is 5.32 Å². The number of carbonyl (C=O) groups is 1. The molecule has 162 valence electrons.